The number of nitrogens with zero attached hydrogens (tertiary/aromatic N) is 3. The summed E-state index contributed by atoms with van der Waals surface area (Å²) in [5.41, 5.74) is 1.72. The van der Waals surface area contributed by atoms with E-state index in [1.54, 1.807) is 13.3 Å². The minimum absolute atomic E-state index is 0.353. The number of rotatable bonds is 6. The maximum atomic E-state index is 6.03. The topological polar surface area (TPSA) is 64.4 Å². The molecule has 0 saturated heterocycles. The minimum atomic E-state index is 0.353. The van der Waals surface area contributed by atoms with E-state index in [0.29, 0.717) is 33.7 Å². The van der Waals surface area contributed by atoms with Crippen LogP contribution in [0.5, 0.6) is 11.5 Å². The fourth-order valence-corrected chi connectivity index (χ4v) is 2.80. The SMILES string of the molecule is COc1cccc(/C=N/n2c(C)n[nH]c2=S)c1OCc1cccc(Cl)c1. The number of methoxy groups -OCH3 is 1. The molecule has 1 N–H and O–H groups in total. The van der Waals surface area contributed by atoms with E-state index in [1.807, 2.05) is 49.4 Å². The molecule has 0 atom stereocenters. The van der Waals surface area contributed by atoms with Crippen LogP contribution in [0.25, 0.3) is 0 Å². The Morgan fingerprint density at radius 3 is 2.81 bits per heavy atom. The van der Waals surface area contributed by atoms with Gasteiger partial charge in [-0.25, -0.2) is 0 Å². The second-order valence-electron chi connectivity index (χ2n) is 5.43. The lowest BCUT2D eigenvalue weighted by Gasteiger charge is -2.13. The zero-order valence-corrected chi connectivity index (χ0v) is 15.8. The summed E-state index contributed by atoms with van der Waals surface area (Å²) in [6.45, 7) is 2.16. The monoisotopic (exact) mass is 388 g/mol. The third-order valence-electron chi connectivity index (χ3n) is 3.63. The van der Waals surface area contributed by atoms with E-state index in [-0.39, 0.29) is 0 Å². The van der Waals surface area contributed by atoms with Gasteiger partial charge in [-0.15, -0.1) is 0 Å². The average molecular weight is 389 g/mol. The molecular weight excluding hydrogens is 372 g/mol. The van der Waals surface area contributed by atoms with Gasteiger partial charge in [0.25, 0.3) is 0 Å². The number of hydrogen-bond donors (Lipinski definition) is 1. The largest absolute Gasteiger partial charge is 0.493 e. The Labute approximate surface area is 161 Å². The van der Waals surface area contributed by atoms with E-state index >= 15 is 0 Å². The van der Waals surface area contributed by atoms with E-state index in [0.717, 1.165) is 11.1 Å². The quantitative estimate of drug-likeness (QED) is 0.503. The molecule has 0 radical (unpaired) electrons. The standard InChI is InChI=1S/C18H17ClN4O2S/c1-12-21-22-18(26)23(12)20-10-14-6-4-8-16(24-2)17(14)25-11-13-5-3-7-15(19)9-13/h3-10H,11H2,1-2H3,(H,22,26)/b20-10+. The molecule has 0 amide bonds. The second-order valence-corrected chi connectivity index (χ2v) is 6.25. The average Bonchev–Trinajstić information content (AvgIpc) is 2.96. The summed E-state index contributed by atoms with van der Waals surface area (Å²) in [7, 11) is 1.60. The molecule has 0 unspecified atom stereocenters. The molecule has 0 aliphatic heterocycles. The molecule has 8 heteroatoms. The highest BCUT2D eigenvalue weighted by atomic mass is 35.5. The molecule has 1 heterocycles. The molecular formula is C18H17ClN4O2S. The number of hydrogen-bond acceptors (Lipinski definition) is 5. The third-order valence-corrected chi connectivity index (χ3v) is 4.13. The van der Waals surface area contributed by atoms with Gasteiger partial charge in [0.1, 0.15) is 12.4 Å². The van der Waals surface area contributed by atoms with Gasteiger partial charge in [0.05, 0.1) is 13.3 Å². The Morgan fingerprint density at radius 1 is 1.31 bits per heavy atom. The molecule has 2 aromatic carbocycles. The fraction of sp³-hybridized carbons (Fsp3) is 0.167. The molecule has 0 aliphatic rings. The highest BCUT2D eigenvalue weighted by Gasteiger charge is 2.10. The summed E-state index contributed by atoms with van der Waals surface area (Å²) in [5, 5.41) is 11.8. The summed E-state index contributed by atoms with van der Waals surface area (Å²) in [4.78, 5) is 0. The number of halogens is 1. The van der Waals surface area contributed by atoms with Gasteiger partial charge in [-0.1, -0.05) is 29.8 Å². The molecule has 3 rings (SSSR count). The van der Waals surface area contributed by atoms with Crippen LogP contribution in [0.15, 0.2) is 47.6 Å². The highest BCUT2D eigenvalue weighted by Crippen LogP contribution is 2.31. The van der Waals surface area contributed by atoms with Crippen LogP contribution < -0.4 is 9.47 Å². The van der Waals surface area contributed by atoms with Gasteiger partial charge >= 0.3 is 0 Å². The first kappa shape index (κ1) is 18.2. The first-order valence-corrected chi connectivity index (χ1v) is 8.59. The van der Waals surface area contributed by atoms with Crippen molar-refractivity contribution in [2.75, 3.05) is 7.11 Å². The van der Waals surface area contributed by atoms with Gasteiger partial charge in [-0.3, -0.25) is 5.10 Å². The lowest BCUT2D eigenvalue weighted by molar-refractivity contribution is 0.284. The number of aromatic amines is 1. The van der Waals surface area contributed by atoms with E-state index in [2.05, 4.69) is 15.3 Å². The fourth-order valence-electron chi connectivity index (χ4n) is 2.36. The lowest BCUT2D eigenvalue weighted by atomic mass is 10.2. The maximum Gasteiger partial charge on any atom is 0.216 e. The second kappa shape index (κ2) is 8.16. The van der Waals surface area contributed by atoms with Crippen molar-refractivity contribution >= 4 is 30.0 Å². The lowest BCUT2D eigenvalue weighted by Crippen LogP contribution is -2.02. The van der Waals surface area contributed by atoms with Crippen molar-refractivity contribution in [3.63, 3.8) is 0 Å². The summed E-state index contributed by atoms with van der Waals surface area (Å²) in [6, 6.07) is 13.1. The van der Waals surface area contributed by atoms with Crippen LogP contribution in [-0.4, -0.2) is 28.2 Å². The van der Waals surface area contributed by atoms with Crippen molar-refractivity contribution in [3.8, 4) is 11.5 Å². The van der Waals surface area contributed by atoms with Crippen molar-refractivity contribution in [1.82, 2.24) is 14.9 Å². The number of ether oxygens (including phenoxy) is 2. The Morgan fingerprint density at radius 2 is 2.12 bits per heavy atom. The number of aryl methyl sites for hydroxylation is 1. The maximum absolute atomic E-state index is 6.03. The molecule has 0 aliphatic carbocycles. The number of aromatic nitrogens is 3. The van der Waals surface area contributed by atoms with Gasteiger partial charge in [0.2, 0.25) is 4.77 Å². The summed E-state index contributed by atoms with van der Waals surface area (Å²) < 4.78 is 13.4. The first-order chi connectivity index (χ1) is 12.6. The third kappa shape index (κ3) is 4.12. The van der Waals surface area contributed by atoms with Gasteiger partial charge in [0.15, 0.2) is 11.5 Å². The molecule has 0 bridgehead atoms. The smallest absolute Gasteiger partial charge is 0.216 e. The molecule has 134 valence electrons. The normalized spacial score (nSPS) is 11.0. The van der Waals surface area contributed by atoms with Gasteiger partial charge in [0, 0.05) is 10.6 Å². The van der Waals surface area contributed by atoms with Gasteiger partial charge in [-0.05, 0) is 49.0 Å². The Hall–Kier alpha value is -2.64. The van der Waals surface area contributed by atoms with E-state index in [1.165, 1.54) is 4.68 Å². The van der Waals surface area contributed by atoms with Crippen molar-refractivity contribution < 1.29 is 9.47 Å². The highest BCUT2D eigenvalue weighted by molar-refractivity contribution is 7.71. The van der Waals surface area contributed by atoms with Crippen LogP contribution in [0.4, 0.5) is 0 Å². The van der Waals surface area contributed by atoms with Crippen LogP contribution in [-0.2, 0) is 6.61 Å². The van der Waals surface area contributed by atoms with Crippen molar-refractivity contribution in [1.29, 1.82) is 0 Å². The molecule has 6 nitrogen and oxygen atoms in total. The Kier molecular flexibility index (Phi) is 5.70. The van der Waals surface area contributed by atoms with Crippen molar-refractivity contribution in [3.05, 3.63) is 69.2 Å². The van der Waals surface area contributed by atoms with E-state index in [4.69, 9.17) is 33.3 Å². The molecule has 0 fully saturated rings. The Bertz CT molecular complexity index is 997. The number of benzene rings is 2. The summed E-state index contributed by atoms with van der Waals surface area (Å²) in [5.74, 6) is 1.87. The van der Waals surface area contributed by atoms with Crippen LogP contribution in [0.1, 0.15) is 17.0 Å². The number of nitrogens with one attached hydrogen (secondary N) is 1. The van der Waals surface area contributed by atoms with Crippen molar-refractivity contribution in [2.24, 2.45) is 5.10 Å². The minimum Gasteiger partial charge on any atom is -0.493 e. The van der Waals surface area contributed by atoms with Crippen LogP contribution in [0, 0.1) is 11.7 Å². The zero-order chi connectivity index (χ0) is 18.5. The molecule has 3 aromatic rings. The number of para-hydroxylation sites is 1. The molecule has 0 spiro atoms. The van der Waals surface area contributed by atoms with E-state index < -0.39 is 0 Å². The first-order valence-electron chi connectivity index (χ1n) is 7.81. The molecule has 0 saturated carbocycles. The van der Waals surface area contributed by atoms with Gasteiger partial charge < -0.3 is 9.47 Å². The van der Waals surface area contributed by atoms with E-state index in [9.17, 15) is 0 Å². The molecule has 26 heavy (non-hydrogen) atoms. The van der Waals surface area contributed by atoms with Crippen molar-refractivity contribution in [2.45, 2.75) is 13.5 Å². The zero-order valence-electron chi connectivity index (χ0n) is 14.3. The molecule has 1 aromatic heterocycles. The summed E-state index contributed by atoms with van der Waals surface area (Å²) in [6.07, 6.45) is 1.66. The predicted octanol–water partition coefficient (Wildman–Crippen LogP) is 4.37. The Balaban J connectivity index is 1.90. The van der Waals surface area contributed by atoms with Crippen LogP contribution in [0.2, 0.25) is 5.02 Å². The van der Waals surface area contributed by atoms with Crippen LogP contribution >= 0.6 is 23.8 Å². The van der Waals surface area contributed by atoms with Crippen LogP contribution in [0.3, 0.4) is 0 Å². The number of H-pyrrole nitrogens is 1. The predicted molar refractivity (Wildman–Crippen MR) is 104 cm³/mol. The van der Waals surface area contributed by atoms with Gasteiger partial charge in [-0.2, -0.15) is 14.9 Å². The summed E-state index contributed by atoms with van der Waals surface area (Å²) >= 11 is 11.2.